The molecule has 0 radical (unpaired) electrons. The first kappa shape index (κ1) is 21.9. The summed E-state index contributed by atoms with van der Waals surface area (Å²) in [6, 6.07) is 0. The summed E-state index contributed by atoms with van der Waals surface area (Å²) in [5.74, 6) is -0.812. The molecule has 0 spiro atoms. The number of hydrogen-bond acceptors (Lipinski definition) is 3. The van der Waals surface area contributed by atoms with Crippen LogP contribution in [0.15, 0.2) is 0 Å². The Balaban J connectivity index is 4.07. The number of hydrogen-bond donors (Lipinski definition) is 0. The topological polar surface area (TPSA) is 27.7 Å². The molecule has 0 saturated heterocycles. The monoisotopic (exact) mass is 316 g/mol. The van der Waals surface area contributed by atoms with E-state index in [1.807, 2.05) is 0 Å². The third kappa shape index (κ3) is 11.4. The highest BCUT2D eigenvalue weighted by Gasteiger charge is 2.31. The van der Waals surface area contributed by atoms with Gasteiger partial charge in [-0.3, -0.25) is 0 Å². The molecule has 22 heavy (non-hydrogen) atoms. The average molecular weight is 317 g/mol. The number of ether oxygens (including phenoxy) is 3. The zero-order valence-electron chi connectivity index (χ0n) is 15.6. The van der Waals surface area contributed by atoms with Crippen molar-refractivity contribution >= 4 is 0 Å². The molecule has 0 aromatic heterocycles. The summed E-state index contributed by atoms with van der Waals surface area (Å²) >= 11 is 0. The van der Waals surface area contributed by atoms with Crippen molar-refractivity contribution < 1.29 is 14.2 Å². The van der Waals surface area contributed by atoms with E-state index < -0.39 is 5.97 Å². The van der Waals surface area contributed by atoms with Crippen molar-refractivity contribution in [1.82, 2.24) is 0 Å². The van der Waals surface area contributed by atoms with Gasteiger partial charge in [-0.25, -0.2) is 0 Å². The van der Waals surface area contributed by atoms with Crippen LogP contribution in [0.2, 0.25) is 0 Å². The highest BCUT2D eigenvalue weighted by molar-refractivity contribution is 4.59. The molecular formula is C19H40O3. The molecule has 0 atom stereocenters. The van der Waals surface area contributed by atoms with Crippen LogP contribution in [0.4, 0.5) is 0 Å². The van der Waals surface area contributed by atoms with Gasteiger partial charge >= 0.3 is 0 Å². The molecule has 0 N–H and O–H groups in total. The second kappa shape index (κ2) is 15.8. The van der Waals surface area contributed by atoms with Gasteiger partial charge in [-0.1, -0.05) is 72.1 Å². The van der Waals surface area contributed by atoms with Crippen LogP contribution in [0.3, 0.4) is 0 Å². The minimum Gasteiger partial charge on any atom is -0.331 e. The number of unbranched alkanes of at least 4 members (excludes halogenated alkanes) is 8. The molecule has 134 valence electrons. The Morgan fingerprint density at radius 3 is 1.50 bits per heavy atom. The molecule has 3 heteroatoms. The summed E-state index contributed by atoms with van der Waals surface area (Å²) in [7, 11) is 1.71. The van der Waals surface area contributed by atoms with E-state index >= 15 is 0 Å². The lowest BCUT2D eigenvalue weighted by Crippen LogP contribution is -2.39. The predicted octanol–water partition coefficient (Wildman–Crippen LogP) is 6.06. The Labute approximate surface area is 139 Å². The highest BCUT2D eigenvalue weighted by Crippen LogP contribution is 2.24. The van der Waals surface area contributed by atoms with E-state index in [-0.39, 0.29) is 0 Å². The van der Waals surface area contributed by atoms with Crippen LogP contribution in [0, 0.1) is 0 Å². The van der Waals surface area contributed by atoms with Gasteiger partial charge in [-0.05, 0) is 19.3 Å². The van der Waals surface area contributed by atoms with Crippen LogP contribution < -0.4 is 0 Å². The average Bonchev–Trinajstić information content (AvgIpc) is 2.54. The van der Waals surface area contributed by atoms with E-state index in [4.69, 9.17) is 14.2 Å². The van der Waals surface area contributed by atoms with Crippen molar-refractivity contribution in [1.29, 1.82) is 0 Å². The molecule has 0 saturated carbocycles. The Kier molecular flexibility index (Phi) is 15.7. The summed E-state index contributed by atoms with van der Waals surface area (Å²) in [4.78, 5) is 0. The lowest BCUT2D eigenvalue weighted by atomic mass is 10.1. The zero-order valence-corrected chi connectivity index (χ0v) is 15.6. The van der Waals surface area contributed by atoms with Crippen molar-refractivity contribution in [2.45, 2.75) is 104 Å². The third-order valence-electron chi connectivity index (χ3n) is 4.04. The van der Waals surface area contributed by atoms with E-state index in [2.05, 4.69) is 20.8 Å². The zero-order chi connectivity index (χ0) is 16.5. The van der Waals surface area contributed by atoms with Crippen LogP contribution >= 0.6 is 0 Å². The van der Waals surface area contributed by atoms with Crippen LogP contribution in [0.5, 0.6) is 0 Å². The molecule has 0 heterocycles. The maximum absolute atomic E-state index is 5.97. The Bertz CT molecular complexity index is 209. The minimum absolute atomic E-state index is 0.715. The van der Waals surface area contributed by atoms with Crippen LogP contribution in [0.1, 0.15) is 97.8 Å². The van der Waals surface area contributed by atoms with E-state index in [0.29, 0.717) is 13.2 Å². The van der Waals surface area contributed by atoms with E-state index in [1.165, 1.54) is 38.5 Å². The van der Waals surface area contributed by atoms with Crippen molar-refractivity contribution in [2.24, 2.45) is 0 Å². The van der Waals surface area contributed by atoms with Gasteiger partial charge in [0, 0.05) is 13.5 Å². The van der Waals surface area contributed by atoms with Gasteiger partial charge in [0.05, 0.1) is 13.2 Å². The molecule has 0 unspecified atom stereocenters. The molecule has 0 aliphatic carbocycles. The van der Waals surface area contributed by atoms with Gasteiger partial charge in [0.25, 0.3) is 5.97 Å². The first-order chi connectivity index (χ1) is 10.7. The molecule has 3 nitrogen and oxygen atoms in total. The minimum atomic E-state index is -0.812. The van der Waals surface area contributed by atoms with Gasteiger partial charge in [0.15, 0.2) is 0 Å². The van der Waals surface area contributed by atoms with E-state index in [1.54, 1.807) is 7.11 Å². The fourth-order valence-electron chi connectivity index (χ4n) is 2.45. The van der Waals surface area contributed by atoms with Crippen molar-refractivity contribution in [3.8, 4) is 0 Å². The van der Waals surface area contributed by atoms with Crippen LogP contribution in [0.25, 0.3) is 0 Å². The largest absolute Gasteiger partial charge is 0.331 e. The second-order valence-electron chi connectivity index (χ2n) is 6.16. The Morgan fingerprint density at radius 1 is 0.591 bits per heavy atom. The fraction of sp³-hybridized carbons (Fsp3) is 1.00. The molecular weight excluding hydrogens is 276 g/mol. The normalized spacial score (nSPS) is 12.0. The number of methoxy groups -OCH3 is 1. The summed E-state index contributed by atoms with van der Waals surface area (Å²) in [5.41, 5.74) is 0. The number of rotatable bonds is 17. The molecule has 0 amide bonds. The molecule has 0 bridgehead atoms. The standard InChI is InChI=1S/C19H40O3/c1-5-8-11-12-13-14-15-16-19(20-4,21-17-9-6-2)22-18-10-7-3/h5-18H2,1-4H3. The molecule has 0 rings (SSSR count). The van der Waals surface area contributed by atoms with Crippen LogP contribution in [-0.2, 0) is 14.2 Å². The van der Waals surface area contributed by atoms with Gasteiger partial charge in [0.2, 0.25) is 0 Å². The third-order valence-corrected chi connectivity index (χ3v) is 4.04. The van der Waals surface area contributed by atoms with Crippen molar-refractivity contribution in [2.75, 3.05) is 20.3 Å². The lowest BCUT2D eigenvalue weighted by molar-refractivity contribution is -0.375. The van der Waals surface area contributed by atoms with Crippen molar-refractivity contribution in [3.05, 3.63) is 0 Å². The summed E-state index contributed by atoms with van der Waals surface area (Å²) < 4.78 is 17.6. The molecule has 0 aliphatic rings. The molecule has 0 aromatic carbocycles. The van der Waals surface area contributed by atoms with Gasteiger partial charge in [-0.2, -0.15) is 0 Å². The molecule has 0 fully saturated rings. The second-order valence-corrected chi connectivity index (χ2v) is 6.16. The predicted molar refractivity (Wildman–Crippen MR) is 94.1 cm³/mol. The maximum Gasteiger partial charge on any atom is 0.282 e. The first-order valence-electron chi connectivity index (χ1n) is 9.57. The highest BCUT2D eigenvalue weighted by atomic mass is 16.9. The maximum atomic E-state index is 5.97. The summed E-state index contributed by atoms with van der Waals surface area (Å²) in [6.45, 7) is 8.03. The van der Waals surface area contributed by atoms with Gasteiger partial charge in [-0.15, -0.1) is 0 Å². The Hall–Kier alpha value is -0.120. The quantitative estimate of drug-likeness (QED) is 0.241. The first-order valence-corrected chi connectivity index (χ1v) is 9.57. The van der Waals surface area contributed by atoms with Crippen molar-refractivity contribution in [3.63, 3.8) is 0 Å². The van der Waals surface area contributed by atoms with Gasteiger partial charge in [0.1, 0.15) is 0 Å². The Morgan fingerprint density at radius 2 is 1.05 bits per heavy atom. The summed E-state index contributed by atoms with van der Waals surface area (Å²) in [6.07, 6.45) is 14.3. The fourth-order valence-corrected chi connectivity index (χ4v) is 2.45. The lowest BCUT2D eigenvalue weighted by Gasteiger charge is -2.32. The molecule has 0 aromatic rings. The van der Waals surface area contributed by atoms with Gasteiger partial charge < -0.3 is 14.2 Å². The molecule has 0 aliphatic heterocycles. The van der Waals surface area contributed by atoms with E-state index in [9.17, 15) is 0 Å². The summed E-state index contributed by atoms with van der Waals surface area (Å²) in [5, 5.41) is 0. The SMILES string of the molecule is CCCCCCCCCC(OC)(OCCCC)OCCCC. The van der Waals surface area contributed by atoms with E-state index in [0.717, 1.165) is 38.5 Å². The smallest absolute Gasteiger partial charge is 0.282 e. The van der Waals surface area contributed by atoms with Crippen LogP contribution in [-0.4, -0.2) is 26.3 Å².